The first-order chi connectivity index (χ1) is 8.25. The third-order valence-electron chi connectivity index (χ3n) is 2.97. The highest BCUT2D eigenvalue weighted by molar-refractivity contribution is 6.06. The third kappa shape index (κ3) is 3.31. The van der Waals surface area contributed by atoms with Gasteiger partial charge >= 0.3 is 0 Å². The number of anilines is 1. The van der Waals surface area contributed by atoms with Crippen molar-refractivity contribution in [2.45, 2.75) is 25.7 Å². The van der Waals surface area contributed by atoms with E-state index in [1.165, 1.54) is 6.42 Å². The normalized spacial score (nSPS) is 15.9. The molecule has 1 aliphatic rings. The van der Waals surface area contributed by atoms with Crippen LogP contribution in [0.25, 0.3) is 6.08 Å². The molecule has 1 aromatic carbocycles. The first-order valence-corrected chi connectivity index (χ1v) is 6.03. The Kier molecular flexibility index (Phi) is 3.76. The number of rotatable bonds is 3. The Balaban J connectivity index is 2.02. The second-order valence-corrected chi connectivity index (χ2v) is 4.34. The Morgan fingerprint density at radius 3 is 2.59 bits per heavy atom. The lowest BCUT2D eigenvalue weighted by Crippen LogP contribution is -2.02. The molecule has 0 amide bonds. The van der Waals surface area contributed by atoms with Gasteiger partial charge in [0.1, 0.15) is 0 Å². The van der Waals surface area contributed by atoms with Crippen LogP contribution in [0.15, 0.2) is 42.0 Å². The molecule has 1 aromatic rings. The lowest BCUT2D eigenvalue weighted by molar-refractivity contribution is -0.111. The molecule has 0 radical (unpaired) electrons. The van der Waals surface area contributed by atoms with E-state index in [2.05, 4.69) is 6.08 Å². The Labute approximate surface area is 102 Å². The molecule has 2 nitrogen and oxygen atoms in total. The molecule has 1 aliphatic carbocycles. The van der Waals surface area contributed by atoms with Gasteiger partial charge in [0, 0.05) is 5.69 Å². The molecule has 2 N–H and O–H groups in total. The highest BCUT2D eigenvalue weighted by Gasteiger charge is 2.08. The molecule has 2 heteroatoms. The Hall–Kier alpha value is -1.83. The fourth-order valence-corrected chi connectivity index (χ4v) is 1.95. The minimum Gasteiger partial charge on any atom is -0.399 e. The van der Waals surface area contributed by atoms with Gasteiger partial charge < -0.3 is 5.73 Å². The zero-order valence-electron chi connectivity index (χ0n) is 9.86. The van der Waals surface area contributed by atoms with Crippen molar-refractivity contribution in [1.82, 2.24) is 0 Å². The van der Waals surface area contributed by atoms with E-state index in [4.69, 9.17) is 5.73 Å². The van der Waals surface area contributed by atoms with E-state index in [0.717, 1.165) is 36.1 Å². The van der Waals surface area contributed by atoms with Gasteiger partial charge in [-0.1, -0.05) is 24.3 Å². The number of nitrogens with two attached hydrogens (primary N) is 1. The summed E-state index contributed by atoms with van der Waals surface area (Å²) in [6, 6.07) is 7.50. The maximum absolute atomic E-state index is 11.9. The molecule has 0 saturated carbocycles. The van der Waals surface area contributed by atoms with E-state index in [0.29, 0.717) is 0 Å². The summed E-state index contributed by atoms with van der Waals surface area (Å²) in [6.07, 6.45) is 9.87. The first-order valence-electron chi connectivity index (χ1n) is 6.03. The molecule has 0 heterocycles. The number of nitrogen functional groups attached to an aromatic ring is 1. The maximum Gasteiger partial charge on any atom is 0.181 e. The van der Waals surface area contributed by atoms with E-state index in [1.807, 2.05) is 30.3 Å². The van der Waals surface area contributed by atoms with Crippen molar-refractivity contribution in [1.29, 1.82) is 0 Å². The molecule has 2 rings (SSSR count). The summed E-state index contributed by atoms with van der Waals surface area (Å²) >= 11 is 0. The third-order valence-corrected chi connectivity index (χ3v) is 2.97. The molecule has 0 fully saturated rings. The summed E-state index contributed by atoms with van der Waals surface area (Å²) in [5.41, 5.74) is 8.30. The van der Waals surface area contributed by atoms with E-state index in [9.17, 15) is 4.79 Å². The standard InChI is InChI=1S/C15H17NO/c16-14-9-6-12(7-10-14)8-11-15(17)13-4-2-1-3-5-13/h4,6-11H,1-3,5,16H2/b11-8+. The summed E-state index contributed by atoms with van der Waals surface area (Å²) in [7, 11) is 0. The zero-order chi connectivity index (χ0) is 12.1. The number of hydrogen-bond donors (Lipinski definition) is 1. The predicted molar refractivity (Wildman–Crippen MR) is 71.4 cm³/mol. The van der Waals surface area contributed by atoms with Gasteiger partial charge in [0.25, 0.3) is 0 Å². The van der Waals surface area contributed by atoms with Crippen molar-refractivity contribution in [3.63, 3.8) is 0 Å². The molecule has 17 heavy (non-hydrogen) atoms. The minimum atomic E-state index is 0.140. The summed E-state index contributed by atoms with van der Waals surface area (Å²) in [5, 5.41) is 0. The van der Waals surface area contributed by atoms with Gasteiger partial charge in [0.2, 0.25) is 0 Å². The average molecular weight is 227 g/mol. The largest absolute Gasteiger partial charge is 0.399 e. The van der Waals surface area contributed by atoms with Gasteiger partial charge in [0.15, 0.2) is 5.78 Å². The molecule has 88 valence electrons. The molecular formula is C15H17NO. The van der Waals surface area contributed by atoms with Crippen LogP contribution in [0.4, 0.5) is 5.69 Å². The molecular weight excluding hydrogens is 210 g/mol. The summed E-state index contributed by atoms with van der Waals surface area (Å²) in [5.74, 6) is 0.140. The lowest BCUT2D eigenvalue weighted by atomic mass is 9.96. The smallest absolute Gasteiger partial charge is 0.181 e. The number of allylic oxidation sites excluding steroid dienone is 3. The average Bonchev–Trinajstić information content (AvgIpc) is 2.39. The molecule has 0 saturated heterocycles. The second kappa shape index (κ2) is 5.48. The van der Waals surface area contributed by atoms with Crippen molar-refractivity contribution in [3.05, 3.63) is 47.6 Å². The number of carbonyl (C=O) groups excluding carboxylic acids is 1. The van der Waals surface area contributed by atoms with Crippen molar-refractivity contribution in [2.75, 3.05) is 5.73 Å². The highest BCUT2D eigenvalue weighted by Crippen LogP contribution is 2.18. The van der Waals surface area contributed by atoms with Gasteiger partial charge in [0.05, 0.1) is 0 Å². The van der Waals surface area contributed by atoms with Crippen molar-refractivity contribution >= 4 is 17.5 Å². The molecule has 0 unspecified atom stereocenters. The van der Waals surface area contributed by atoms with Gasteiger partial charge in [-0.05, 0) is 55.0 Å². The van der Waals surface area contributed by atoms with Gasteiger partial charge in [-0.2, -0.15) is 0 Å². The van der Waals surface area contributed by atoms with Crippen LogP contribution in [0.5, 0.6) is 0 Å². The molecule has 0 bridgehead atoms. The van der Waals surface area contributed by atoms with Crippen LogP contribution in [-0.2, 0) is 4.79 Å². The van der Waals surface area contributed by atoms with Crippen LogP contribution in [-0.4, -0.2) is 5.78 Å². The van der Waals surface area contributed by atoms with E-state index < -0.39 is 0 Å². The monoisotopic (exact) mass is 227 g/mol. The molecule has 0 aromatic heterocycles. The quantitative estimate of drug-likeness (QED) is 0.635. The lowest BCUT2D eigenvalue weighted by Gasteiger charge is -2.08. The summed E-state index contributed by atoms with van der Waals surface area (Å²) in [6.45, 7) is 0. The fourth-order valence-electron chi connectivity index (χ4n) is 1.95. The predicted octanol–water partition coefficient (Wildman–Crippen LogP) is 3.35. The number of benzene rings is 1. The molecule has 0 aliphatic heterocycles. The Morgan fingerprint density at radius 2 is 1.94 bits per heavy atom. The Bertz CT molecular complexity index is 454. The van der Waals surface area contributed by atoms with Crippen molar-refractivity contribution in [2.24, 2.45) is 0 Å². The van der Waals surface area contributed by atoms with Crippen LogP contribution in [0.2, 0.25) is 0 Å². The zero-order valence-corrected chi connectivity index (χ0v) is 9.86. The van der Waals surface area contributed by atoms with Crippen LogP contribution in [0.1, 0.15) is 31.2 Å². The Morgan fingerprint density at radius 1 is 1.18 bits per heavy atom. The topological polar surface area (TPSA) is 43.1 Å². The van der Waals surface area contributed by atoms with E-state index >= 15 is 0 Å². The highest BCUT2D eigenvalue weighted by atomic mass is 16.1. The molecule has 0 atom stereocenters. The fraction of sp³-hybridized carbons (Fsp3) is 0.267. The number of hydrogen-bond acceptors (Lipinski definition) is 2. The van der Waals surface area contributed by atoms with Gasteiger partial charge in [-0.25, -0.2) is 0 Å². The van der Waals surface area contributed by atoms with E-state index in [1.54, 1.807) is 6.08 Å². The summed E-state index contributed by atoms with van der Waals surface area (Å²) in [4.78, 5) is 11.9. The van der Waals surface area contributed by atoms with Crippen molar-refractivity contribution in [3.8, 4) is 0 Å². The van der Waals surface area contributed by atoms with Gasteiger partial charge in [-0.15, -0.1) is 0 Å². The van der Waals surface area contributed by atoms with Crippen LogP contribution in [0.3, 0.4) is 0 Å². The van der Waals surface area contributed by atoms with Crippen LogP contribution in [0, 0.1) is 0 Å². The first kappa shape index (κ1) is 11.6. The SMILES string of the molecule is Nc1ccc(/C=C/C(=O)C2=CCCCC2)cc1. The van der Waals surface area contributed by atoms with Crippen LogP contribution >= 0.6 is 0 Å². The number of ketones is 1. The van der Waals surface area contributed by atoms with Crippen LogP contribution < -0.4 is 5.73 Å². The molecule has 0 spiro atoms. The van der Waals surface area contributed by atoms with Crippen molar-refractivity contribution < 1.29 is 4.79 Å². The van der Waals surface area contributed by atoms with E-state index in [-0.39, 0.29) is 5.78 Å². The second-order valence-electron chi connectivity index (χ2n) is 4.34. The van der Waals surface area contributed by atoms with Gasteiger partial charge in [-0.3, -0.25) is 4.79 Å². The maximum atomic E-state index is 11.9. The minimum absolute atomic E-state index is 0.140. The number of carbonyl (C=O) groups is 1. The summed E-state index contributed by atoms with van der Waals surface area (Å²) < 4.78 is 0.